The first-order chi connectivity index (χ1) is 9.47. The van der Waals surface area contributed by atoms with E-state index in [1.54, 1.807) is 4.90 Å². The van der Waals surface area contributed by atoms with Crippen molar-refractivity contribution < 1.29 is 22.7 Å². The molecule has 1 fully saturated rings. The second-order valence-corrected chi connectivity index (χ2v) is 6.56. The van der Waals surface area contributed by atoms with Crippen LogP contribution in [-0.2, 0) is 10.0 Å². The highest BCUT2D eigenvalue weighted by Crippen LogP contribution is 2.20. The average molecular weight is 302 g/mol. The number of aliphatic hydroxyl groups is 1. The number of likely N-dealkylation sites (tertiary alicyclic amines) is 1. The normalized spacial score (nSPS) is 17.4. The predicted octanol–water partition coefficient (Wildman–Crippen LogP) is 0.0322. The number of piperidine rings is 1. The van der Waals surface area contributed by atoms with Crippen molar-refractivity contribution in [1.29, 1.82) is 0 Å². The number of nitrogens with one attached hydrogen (secondary N) is 1. The van der Waals surface area contributed by atoms with Gasteiger partial charge in [0.2, 0.25) is 5.09 Å². The van der Waals surface area contributed by atoms with E-state index in [4.69, 9.17) is 9.52 Å². The van der Waals surface area contributed by atoms with Crippen molar-refractivity contribution in [3.63, 3.8) is 0 Å². The molecule has 20 heavy (non-hydrogen) atoms. The number of nitrogens with zero attached hydrogens (tertiary/aromatic N) is 1. The van der Waals surface area contributed by atoms with Gasteiger partial charge in [0.1, 0.15) is 0 Å². The number of furan rings is 1. The van der Waals surface area contributed by atoms with E-state index in [0.29, 0.717) is 13.1 Å². The van der Waals surface area contributed by atoms with E-state index in [0.717, 1.165) is 12.8 Å². The van der Waals surface area contributed by atoms with Crippen molar-refractivity contribution in [3.8, 4) is 0 Å². The van der Waals surface area contributed by atoms with Gasteiger partial charge in [-0.25, -0.2) is 13.1 Å². The van der Waals surface area contributed by atoms with Crippen molar-refractivity contribution in [2.24, 2.45) is 5.92 Å². The van der Waals surface area contributed by atoms with E-state index in [9.17, 15) is 13.2 Å². The third-order valence-electron chi connectivity index (χ3n) is 3.49. The lowest BCUT2D eigenvalue weighted by atomic mass is 9.98. The lowest BCUT2D eigenvalue weighted by Crippen LogP contribution is -2.39. The molecular formula is C12H18N2O5S. The Bertz CT molecular complexity index is 572. The average Bonchev–Trinajstić information content (AvgIpc) is 2.97. The molecular weight excluding hydrogens is 284 g/mol. The van der Waals surface area contributed by atoms with Gasteiger partial charge in [0.15, 0.2) is 5.76 Å². The van der Waals surface area contributed by atoms with E-state index < -0.39 is 10.0 Å². The first kappa shape index (κ1) is 15.0. The Balaban J connectivity index is 2.07. The minimum atomic E-state index is -3.67. The van der Waals surface area contributed by atoms with E-state index in [-0.39, 0.29) is 29.3 Å². The van der Waals surface area contributed by atoms with Crippen molar-refractivity contribution in [2.45, 2.75) is 17.9 Å². The summed E-state index contributed by atoms with van der Waals surface area (Å²) in [4.78, 5) is 13.8. The first-order valence-corrected chi connectivity index (χ1v) is 7.89. The van der Waals surface area contributed by atoms with Gasteiger partial charge in [-0.1, -0.05) is 0 Å². The molecule has 7 nitrogen and oxygen atoms in total. The van der Waals surface area contributed by atoms with Crippen LogP contribution in [0.1, 0.15) is 23.4 Å². The fourth-order valence-corrected chi connectivity index (χ4v) is 2.80. The van der Waals surface area contributed by atoms with Crippen molar-refractivity contribution in [2.75, 3.05) is 26.7 Å². The van der Waals surface area contributed by atoms with Gasteiger partial charge in [0.25, 0.3) is 15.9 Å². The Morgan fingerprint density at radius 3 is 2.65 bits per heavy atom. The minimum absolute atomic E-state index is 0.0151. The molecule has 0 radical (unpaired) electrons. The van der Waals surface area contributed by atoms with Gasteiger partial charge in [-0.2, -0.15) is 0 Å². The number of rotatable bonds is 4. The Hall–Kier alpha value is -1.38. The molecule has 112 valence electrons. The lowest BCUT2D eigenvalue weighted by molar-refractivity contribution is 0.0614. The maximum absolute atomic E-state index is 12.2. The van der Waals surface area contributed by atoms with E-state index >= 15 is 0 Å². The van der Waals surface area contributed by atoms with Gasteiger partial charge in [-0.15, -0.1) is 0 Å². The van der Waals surface area contributed by atoms with Crippen LogP contribution in [0.4, 0.5) is 0 Å². The monoisotopic (exact) mass is 302 g/mol. The summed E-state index contributed by atoms with van der Waals surface area (Å²) in [5.74, 6) is -0.0731. The molecule has 2 rings (SSSR count). The highest BCUT2D eigenvalue weighted by molar-refractivity contribution is 7.89. The molecule has 1 saturated heterocycles. The molecule has 8 heteroatoms. The predicted molar refractivity (Wildman–Crippen MR) is 70.7 cm³/mol. The smallest absolute Gasteiger partial charge is 0.289 e. The molecule has 1 amide bonds. The Labute approximate surface area is 117 Å². The van der Waals surface area contributed by atoms with Gasteiger partial charge in [0, 0.05) is 19.7 Å². The largest absolute Gasteiger partial charge is 0.438 e. The van der Waals surface area contributed by atoms with Crippen LogP contribution in [0.25, 0.3) is 0 Å². The second kappa shape index (κ2) is 5.94. The highest BCUT2D eigenvalue weighted by atomic mass is 32.2. The molecule has 0 aliphatic carbocycles. The maximum Gasteiger partial charge on any atom is 0.289 e. The summed E-state index contributed by atoms with van der Waals surface area (Å²) in [5, 5.41) is 8.79. The summed E-state index contributed by atoms with van der Waals surface area (Å²) in [7, 11) is -2.40. The van der Waals surface area contributed by atoms with Crippen LogP contribution >= 0.6 is 0 Å². The fraction of sp³-hybridized carbons (Fsp3) is 0.583. The second-order valence-electron chi connectivity index (χ2n) is 4.74. The van der Waals surface area contributed by atoms with Crippen LogP contribution in [0.5, 0.6) is 0 Å². The number of carbonyl (C=O) groups excluding carboxylic acids is 1. The molecule has 0 bridgehead atoms. The summed E-state index contributed by atoms with van der Waals surface area (Å²) < 4.78 is 30.3. The molecule has 2 N–H and O–H groups in total. The van der Waals surface area contributed by atoms with Crippen molar-refractivity contribution in [1.82, 2.24) is 9.62 Å². The molecule has 0 unspecified atom stereocenters. The standard InChI is InChI=1S/C12H18N2O5S/c1-13-20(17,18)11-3-2-10(19-11)12(16)14-6-4-9(8-15)5-7-14/h2-3,9,13,15H,4-8H2,1H3. The lowest BCUT2D eigenvalue weighted by Gasteiger charge is -2.30. The summed E-state index contributed by atoms with van der Waals surface area (Å²) in [5.41, 5.74) is 0. The minimum Gasteiger partial charge on any atom is -0.438 e. The zero-order chi connectivity index (χ0) is 14.8. The SMILES string of the molecule is CNS(=O)(=O)c1ccc(C(=O)N2CCC(CO)CC2)o1. The van der Waals surface area contributed by atoms with Gasteiger partial charge in [0.05, 0.1) is 0 Å². The highest BCUT2D eigenvalue weighted by Gasteiger charge is 2.26. The molecule has 2 heterocycles. The molecule has 1 aromatic rings. The summed E-state index contributed by atoms with van der Waals surface area (Å²) in [6.07, 6.45) is 1.48. The summed E-state index contributed by atoms with van der Waals surface area (Å²) in [6.45, 7) is 1.21. The van der Waals surface area contributed by atoms with Gasteiger partial charge >= 0.3 is 0 Å². The Morgan fingerprint density at radius 1 is 1.45 bits per heavy atom. The number of hydrogen-bond acceptors (Lipinski definition) is 5. The van der Waals surface area contributed by atoms with Crippen LogP contribution < -0.4 is 4.72 Å². The number of carbonyl (C=O) groups is 1. The van der Waals surface area contributed by atoms with Gasteiger partial charge < -0.3 is 14.4 Å². The Kier molecular flexibility index (Phi) is 4.46. The number of amides is 1. The zero-order valence-electron chi connectivity index (χ0n) is 11.2. The number of hydrogen-bond donors (Lipinski definition) is 2. The van der Waals surface area contributed by atoms with Crippen molar-refractivity contribution >= 4 is 15.9 Å². The molecule has 1 aromatic heterocycles. The third kappa shape index (κ3) is 3.02. The third-order valence-corrected chi connectivity index (χ3v) is 4.77. The van der Waals surface area contributed by atoms with Crippen LogP contribution in [0.2, 0.25) is 0 Å². The van der Waals surface area contributed by atoms with E-state index in [2.05, 4.69) is 4.72 Å². The topological polar surface area (TPSA) is 99.9 Å². The van der Waals surface area contributed by atoms with Crippen LogP contribution in [0, 0.1) is 5.92 Å². The van der Waals surface area contributed by atoms with Crippen LogP contribution in [0.15, 0.2) is 21.6 Å². The quantitative estimate of drug-likeness (QED) is 0.817. The molecule has 0 spiro atoms. The molecule has 0 aromatic carbocycles. The maximum atomic E-state index is 12.2. The van der Waals surface area contributed by atoms with Crippen molar-refractivity contribution in [3.05, 3.63) is 17.9 Å². The number of sulfonamides is 1. The zero-order valence-corrected chi connectivity index (χ0v) is 12.0. The van der Waals surface area contributed by atoms with Gasteiger partial charge in [-0.05, 0) is 37.9 Å². The fourth-order valence-electron chi connectivity index (χ4n) is 2.15. The molecule has 0 atom stereocenters. The molecule has 1 aliphatic heterocycles. The summed E-state index contributed by atoms with van der Waals surface area (Å²) >= 11 is 0. The van der Waals surface area contributed by atoms with Crippen LogP contribution in [-0.4, -0.2) is 51.1 Å². The summed E-state index contributed by atoms with van der Waals surface area (Å²) in [6, 6.07) is 2.63. The molecule has 0 saturated carbocycles. The number of aliphatic hydroxyl groups excluding tert-OH is 1. The van der Waals surface area contributed by atoms with E-state index in [1.807, 2.05) is 0 Å². The van der Waals surface area contributed by atoms with Gasteiger partial charge in [-0.3, -0.25) is 4.79 Å². The molecule has 1 aliphatic rings. The van der Waals surface area contributed by atoms with E-state index in [1.165, 1.54) is 19.2 Å². The first-order valence-electron chi connectivity index (χ1n) is 6.41. The van der Waals surface area contributed by atoms with Crippen LogP contribution in [0.3, 0.4) is 0 Å². The Morgan fingerprint density at radius 2 is 2.10 bits per heavy atom.